The van der Waals surface area contributed by atoms with Gasteiger partial charge in [-0.15, -0.1) is 11.3 Å². The maximum absolute atomic E-state index is 13.0. The molecule has 132 valence electrons. The number of urea groups is 1. The van der Waals surface area contributed by atoms with Crippen molar-refractivity contribution in [2.75, 3.05) is 19.8 Å². The van der Waals surface area contributed by atoms with Crippen molar-refractivity contribution < 1.29 is 9.53 Å². The summed E-state index contributed by atoms with van der Waals surface area (Å²) in [7, 11) is 0. The first-order valence-electron chi connectivity index (χ1n) is 8.84. The molecule has 2 fully saturated rings. The summed E-state index contributed by atoms with van der Waals surface area (Å²) in [5.74, 6) is 0.519. The predicted octanol–water partition coefficient (Wildman–Crippen LogP) is 3.69. The Labute approximate surface area is 152 Å². The molecular weight excluding hydrogens is 334 g/mol. The first-order valence-corrected chi connectivity index (χ1v) is 9.72. The minimum absolute atomic E-state index is 0.0121. The summed E-state index contributed by atoms with van der Waals surface area (Å²) < 4.78 is 5.64. The van der Waals surface area contributed by atoms with Gasteiger partial charge in [0.2, 0.25) is 0 Å². The van der Waals surface area contributed by atoms with Crippen LogP contribution in [-0.2, 0) is 4.74 Å². The normalized spacial score (nSPS) is 21.8. The third kappa shape index (κ3) is 3.70. The number of morpholine rings is 1. The quantitative estimate of drug-likeness (QED) is 0.908. The van der Waals surface area contributed by atoms with Gasteiger partial charge < -0.3 is 15.0 Å². The van der Waals surface area contributed by atoms with Crippen molar-refractivity contribution in [1.29, 1.82) is 0 Å². The van der Waals surface area contributed by atoms with Gasteiger partial charge in [-0.2, -0.15) is 0 Å². The summed E-state index contributed by atoms with van der Waals surface area (Å²) in [6.45, 7) is 3.74. The second-order valence-electron chi connectivity index (χ2n) is 6.79. The Balaban J connectivity index is 1.52. The molecule has 2 heterocycles. The van der Waals surface area contributed by atoms with E-state index in [1.807, 2.05) is 30.0 Å². The van der Waals surface area contributed by atoms with Gasteiger partial charge >= 0.3 is 6.03 Å². The van der Waals surface area contributed by atoms with Crippen LogP contribution in [0.4, 0.5) is 4.79 Å². The standard InChI is InChI=1S/C19H23N3O2S/c1-13-12-25-18(20-13)17(15-7-8-15)21-19(23)22-9-10-24-11-16(22)14-5-3-2-4-6-14/h2-6,12,15-17H,7-11H2,1H3,(H,21,23). The summed E-state index contributed by atoms with van der Waals surface area (Å²) >= 11 is 1.64. The third-order valence-electron chi connectivity index (χ3n) is 4.85. The molecule has 2 aliphatic rings. The molecule has 2 unspecified atom stereocenters. The number of ether oxygens (including phenoxy) is 1. The zero-order chi connectivity index (χ0) is 17.2. The number of carbonyl (C=O) groups is 1. The maximum Gasteiger partial charge on any atom is 0.318 e. The summed E-state index contributed by atoms with van der Waals surface area (Å²) in [6, 6.07) is 10.1. The van der Waals surface area contributed by atoms with Crippen molar-refractivity contribution in [2.24, 2.45) is 5.92 Å². The average Bonchev–Trinajstić information content (AvgIpc) is 3.41. The van der Waals surface area contributed by atoms with E-state index in [0.717, 1.165) is 29.1 Å². The number of hydrogen-bond donors (Lipinski definition) is 1. The lowest BCUT2D eigenvalue weighted by Crippen LogP contribution is -2.49. The van der Waals surface area contributed by atoms with Crippen molar-refractivity contribution in [3.05, 3.63) is 52.0 Å². The minimum Gasteiger partial charge on any atom is -0.377 e. The molecule has 6 heteroatoms. The van der Waals surface area contributed by atoms with Crippen molar-refractivity contribution in [1.82, 2.24) is 15.2 Å². The van der Waals surface area contributed by atoms with Crippen molar-refractivity contribution >= 4 is 17.4 Å². The van der Waals surface area contributed by atoms with Crippen LogP contribution < -0.4 is 5.32 Å². The first kappa shape index (κ1) is 16.5. The first-order chi connectivity index (χ1) is 12.2. The van der Waals surface area contributed by atoms with E-state index in [9.17, 15) is 4.79 Å². The van der Waals surface area contributed by atoms with Crippen LogP contribution in [0.15, 0.2) is 35.7 Å². The van der Waals surface area contributed by atoms with Gasteiger partial charge in [-0.1, -0.05) is 30.3 Å². The Morgan fingerprint density at radius 2 is 2.16 bits per heavy atom. The SMILES string of the molecule is Cc1csc(C(NC(=O)N2CCOCC2c2ccccc2)C2CC2)n1. The second-order valence-corrected chi connectivity index (χ2v) is 7.68. The smallest absolute Gasteiger partial charge is 0.318 e. The zero-order valence-electron chi connectivity index (χ0n) is 14.4. The molecule has 5 nitrogen and oxygen atoms in total. The molecule has 0 radical (unpaired) electrons. The average molecular weight is 357 g/mol. The molecular formula is C19H23N3O2S. The van der Waals surface area contributed by atoms with Crippen LogP contribution in [0.2, 0.25) is 0 Å². The fourth-order valence-corrected chi connectivity index (χ4v) is 4.28. The Bertz CT molecular complexity index is 729. The number of nitrogens with zero attached hydrogens (tertiary/aromatic N) is 2. The Kier molecular flexibility index (Phi) is 4.72. The van der Waals surface area contributed by atoms with E-state index in [-0.39, 0.29) is 18.1 Å². The topological polar surface area (TPSA) is 54.5 Å². The van der Waals surface area contributed by atoms with Crippen molar-refractivity contribution in [3.8, 4) is 0 Å². The summed E-state index contributed by atoms with van der Waals surface area (Å²) in [4.78, 5) is 19.6. The Morgan fingerprint density at radius 3 is 2.84 bits per heavy atom. The number of carbonyl (C=O) groups excluding carboxylic acids is 1. The monoisotopic (exact) mass is 357 g/mol. The molecule has 0 bridgehead atoms. The molecule has 1 aliphatic carbocycles. The van der Waals surface area contributed by atoms with Crippen molar-refractivity contribution in [2.45, 2.75) is 31.8 Å². The molecule has 1 aliphatic heterocycles. The van der Waals surface area contributed by atoms with Crippen LogP contribution >= 0.6 is 11.3 Å². The van der Waals surface area contributed by atoms with Crippen LogP contribution in [0.25, 0.3) is 0 Å². The van der Waals surface area contributed by atoms with E-state index in [4.69, 9.17) is 4.74 Å². The van der Waals surface area contributed by atoms with Crippen molar-refractivity contribution in [3.63, 3.8) is 0 Å². The van der Waals surface area contributed by atoms with Gasteiger partial charge in [0, 0.05) is 17.6 Å². The minimum atomic E-state index is -0.0344. The van der Waals surface area contributed by atoms with Gasteiger partial charge in [0.1, 0.15) is 5.01 Å². The molecule has 1 aromatic carbocycles. The molecule has 1 aromatic heterocycles. The largest absolute Gasteiger partial charge is 0.377 e. The van der Waals surface area contributed by atoms with E-state index < -0.39 is 0 Å². The number of aryl methyl sites for hydroxylation is 1. The highest BCUT2D eigenvalue weighted by Crippen LogP contribution is 2.42. The van der Waals surface area contributed by atoms with E-state index >= 15 is 0 Å². The summed E-state index contributed by atoms with van der Waals surface area (Å²) in [5, 5.41) is 6.34. The van der Waals surface area contributed by atoms with E-state index in [1.54, 1.807) is 11.3 Å². The van der Waals surface area contributed by atoms with Gasteiger partial charge in [-0.05, 0) is 31.2 Å². The Morgan fingerprint density at radius 1 is 1.36 bits per heavy atom. The van der Waals surface area contributed by atoms with E-state index in [0.29, 0.717) is 25.7 Å². The zero-order valence-corrected chi connectivity index (χ0v) is 15.2. The Hall–Kier alpha value is -1.92. The number of rotatable bonds is 4. The number of nitrogens with one attached hydrogen (secondary N) is 1. The second kappa shape index (κ2) is 7.14. The highest BCUT2D eigenvalue weighted by molar-refractivity contribution is 7.09. The van der Waals surface area contributed by atoms with Crippen LogP contribution in [0.1, 0.15) is 41.2 Å². The number of amides is 2. The summed E-state index contributed by atoms with van der Waals surface area (Å²) in [5.41, 5.74) is 2.14. The number of aromatic nitrogens is 1. The van der Waals surface area contributed by atoms with Gasteiger partial charge in [-0.25, -0.2) is 9.78 Å². The molecule has 4 rings (SSSR count). The predicted molar refractivity (Wildman–Crippen MR) is 97.6 cm³/mol. The molecule has 2 amide bonds. The third-order valence-corrected chi connectivity index (χ3v) is 5.89. The number of thiazole rings is 1. The summed E-state index contributed by atoms with van der Waals surface area (Å²) in [6.07, 6.45) is 2.32. The van der Waals surface area contributed by atoms with Crippen LogP contribution in [-0.4, -0.2) is 35.7 Å². The van der Waals surface area contributed by atoms with E-state index in [1.165, 1.54) is 0 Å². The molecule has 0 spiro atoms. The molecule has 1 N–H and O–H groups in total. The van der Waals surface area contributed by atoms with Gasteiger partial charge in [0.15, 0.2) is 0 Å². The van der Waals surface area contributed by atoms with Crippen LogP contribution in [0, 0.1) is 12.8 Å². The van der Waals surface area contributed by atoms with Gasteiger partial charge in [0.25, 0.3) is 0 Å². The lowest BCUT2D eigenvalue weighted by molar-refractivity contribution is 0.0108. The molecule has 25 heavy (non-hydrogen) atoms. The van der Waals surface area contributed by atoms with Crippen LogP contribution in [0.3, 0.4) is 0 Å². The van der Waals surface area contributed by atoms with Gasteiger partial charge in [0.05, 0.1) is 25.3 Å². The highest BCUT2D eigenvalue weighted by atomic mass is 32.1. The maximum atomic E-state index is 13.0. The lowest BCUT2D eigenvalue weighted by atomic mass is 10.1. The fraction of sp³-hybridized carbons (Fsp3) is 0.474. The molecule has 1 saturated heterocycles. The number of hydrogen-bond acceptors (Lipinski definition) is 4. The lowest BCUT2D eigenvalue weighted by Gasteiger charge is -2.36. The van der Waals surface area contributed by atoms with Crippen LogP contribution in [0.5, 0.6) is 0 Å². The highest BCUT2D eigenvalue weighted by Gasteiger charge is 2.37. The molecule has 2 aromatic rings. The molecule has 1 saturated carbocycles. The number of benzene rings is 1. The van der Waals surface area contributed by atoms with E-state index in [2.05, 4.69) is 27.8 Å². The molecule has 2 atom stereocenters. The fourth-order valence-electron chi connectivity index (χ4n) is 3.34. The van der Waals surface area contributed by atoms with Gasteiger partial charge in [-0.3, -0.25) is 0 Å².